The van der Waals surface area contributed by atoms with Gasteiger partial charge in [-0.15, -0.1) is 0 Å². The summed E-state index contributed by atoms with van der Waals surface area (Å²) < 4.78 is 1.93. The molecule has 2 aromatic rings. The van der Waals surface area contributed by atoms with E-state index in [1.54, 1.807) is 0 Å². The molecule has 4 rings (SSSR count). The van der Waals surface area contributed by atoms with Gasteiger partial charge in [-0.05, 0) is 32.3 Å². The fraction of sp³-hybridized carbons (Fsp3) is 0.529. The van der Waals surface area contributed by atoms with Gasteiger partial charge in [0.25, 0.3) is 0 Å². The van der Waals surface area contributed by atoms with E-state index in [4.69, 9.17) is 10.2 Å². The quantitative estimate of drug-likeness (QED) is 0.840. The Morgan fingerprint density at radius 2 is 1.83 bits per heavy atom. The summed E-state index contributed by atoms with van der Waals surface area (Å²) in [5.41, 5.74) is 2.55. The molecule has 7 heteroatoms. The Bertz CT molecular complexity index is 783. The van der Waals surface area contributed by atoms with E-state index in [1.165, 1.54) is 19.3 Å². The second-order valence-corrected chi connectivity index (χ2v) is 6.49. The zero-order valence-electron chi connectivity index (χ0n) is 13.9. The molecule has 24 heavy (non-hydrogen) atoms. The summed E-state index contributed by atoms with van der Waals surface area (Å²) >= 11 is 0. The lowest BCUT2D eigenvalue weighted by atomic mass is 10.1. The number of aromatic nitrogens is 4. The number of nitriles is 1. The Morgan fingerprint density at radius 3 is 2.62 bits per heavy atom. The summed E-state index contributed by atoms with van der Waals surface area (Å²) in [6, 6.07) is 6.03. The number of aryl methyl sites for hydroxylation is 1. The van der Waals surface area contributed by atoms with Gasteiger partial charge in [-0.2, -0.15) is 15.3 Å². The van der Waals surface area contributed by atoms with Gasteiger partial charge in [0.15, 0.2) is 5.69 Å². The highest BCUT2D eigenvalue weighted by molar-refractivity contribution is 5.47. The monoisotopic (exact) mass is 323 g/mol. The molecule has 0 unspecified atom stereocenters. The molecular weight excluding hydrogens is 302 g/mol. The number of anilines is 2. The van der Waals surface area contributed by atoms with Crippen LogP contribution in [0.4, 0.5) is 11.8 Å². The van der Waals surface area contributed by atoms with E-state index in [0.717, 1.165) is 55.9 Å². The second-order valence-electron chi connectivity index (χ2n) is 6.49. The zero-order valence-corrected chi connectivity index (χ0v) is 13.9. The first-order valence-electron chi connectivity index (χ1n) is 8.55. The fourth-order valence-corrected chi connectivity index (χ4v) is 3.45. The van der Waals surface area contributed by atoms with E-state index in [9.17, 15) is 0 Å². The van der Waals surface area contributed by atoms with Gasteiger partial charge in [-0.3, -0.25) is 4.68 Å². The molecule has 0 amide bonds. The summed E-state index contributed by atoms with van der Waals surface area (Å²) in [7, 11) is 0. The lowest BCUT2D eigenvalue weighted by Gasteiger charge is -2.31. The van der Waals surface area contributed by atoms with Gasteiger partial charge in [0.05, 0.1) is 18.8 Å². The van der Waals surface area contributed by atoms with Crippen molar-refractivity contribution >= 4 is 11.8 Å². The average molecular weight is 323 g/mol. The van der Waals surface area contributed by atoms with Crippen LogP contribution in [0.25, 0.3) is 0 Å². The van der Waals surface area contributed by atoms with E-state index in [0.29, 0.717) is 5.69 Å². The van der Waals surface area contributed by atoms with Crippen molar-refractivity contribution in [2.45, 2.75) is 39.3 Å². The third kappa shape index (κ3) is 2.80. The van der Waals surface area contributed by atoms with Gasteiger partial charge in [0.1, 0.15) is 11.9 Å². The van der Waals surface area contributed by atoms with Crippen molar-refractivity contribution in [1.29, 1.82) is 5.26 Å². The highest BCUT2D eigenvalue weighted by atomic mass is 15.4. The van der Waals surface area contributed by atoms with Crippen molar-refractivity contribution in [1.82, 2.24) is 19.7 Å². The number of hydrogen-bond acceptors (Lipinski definition) is 6. The average Bonchev–Trinajstić information content (AvgIpc) is 3.04. The number of fused-ring (bicyclic) bond motifs is 1. The van der Waals surface area contributed by atoms with Crippen LogP contribution in [0.2, 0.25) is 0 Å². The molecule has 0 aromatic carbocycles. The molecule has 1 saturated heterocycles. The van der Waals surface area contributed by atoms with E-state index in [1.807, 2.05) is 23.7 Å². The minimum absolute atomic E-state index is 0.486. The molecule has 0 saturated carbocycles. The van der Waals surface area contributed by atoms with Crippen LogP contribution in [0.1, 0.15) is 36.3 Å². The maximum Gasteiger partial charge on any atom is 0.227 e. The largest absolute Gasteiger partial charge is 0.349 e. The van der Waals surface area contributed by atoms with Crippen LogP contribution in [0.5, 0.6) is 0 Å². The molecule has 0 aliphatic carbocycles. The molecule has 2 aliphatic rings. The SMILES string of the molecule is Cc1cc(N2CCn3nc(C#N)cc3C2)nc(N2CCCCC2)n1. The molecular formula is C17H21N7. The summed E-state index contributed by atoms with van der Waals surface area (Å²) in [5, 5.41) is 13.3. The first kappa shape index (κ1) is 14.9. The van der Waals surface area contributed by atoms with Gasteiger partial charge < -0.3 is 9.80 Å². The van der Waals surface area contributed by atoms with Gasteiger partial charge in [0.2, 0.25) is 5.95 Å². The van der Waals surface area contributed by atoms with Gasteiger partial charge in [0, 0.05) is 31.4 Å². The van der Waals surface area contributed by atoms with Gasteiger partial charge >= 0.3 is 0 Å². The Morgan fingerprint density at radius 1 is 1.00 bits per heavy atom. The summed E-state index contributed by atoms with van der Waals surface area (Å²) in [6.07, 6.45) is 3.73. The van der Waals surface area contributed by atoms with E-state index >= 15 is 0 Å². The van der Waals surface area contributed by atoms with Crippen LogP contribution in [-0.2, 0) is 13.1 Å². The van der Waals surface area contributed by atoms with E-state index < -0.39 is 0 Å². The summed E-state index contributed by atoms with van der Waals surface area (Å²) in [6.45, 7) is 6.46. The predicted octanol–water partition coefficient (Wildman–Crippen LogP) is 1.86. The van der Waals surface area contributed by atoms with Crippen molar-refractivity contribution in [3.05, 3.63) is 29.2 Å². The number of hydrogen-bond donors (Lipinski definition) is 0. The van der Waals surface area contributed by atoms with Crippen molar-refractivity contribution in [3.8, 4) is 6.07 Å². The number of nitrogens with zero attached hydrogens (tertiary/aromatic N) is 7. The van der Waals surface area contributed by atoms with Crippen LogP contribution >= 0.6 is 0 Å². The normalized spacial score (nSPS) is 17.5. The Kier molecular flexibility index (Phi) is 3.81. The van der Waals surface area contributed by atoms with Crippen LogP contribution in [-0.4, -0.2) is 39.4 Å². The molecule has 0 radical (unpaired) electrons. The highest BCUT2D eigenvalue weighted by Crippen LogP contribution is 2.24. The molecule has 0 N–H and O–H groups in total. The van der Waals surface area contributed by atoms with Crippen molar-refractivity contribution in [3.63, 3.8) is 0 Å². The maximum atomic E-state index is 9.02. The predicted molar refractivity (Wildman–Crippen MR) is 90.8 cm³/mol. The van der Waals surface area contributed by atoms with Crippen molar-refractivity contribution in [2.24, 2.45) is 0 Å². The molecule has 2 aromatic heterocycles. The molecule has 0 spiro atoms. The smallest absolute Gasteiger partial charge is 0.227 e. The Balaban J connectivity index is 1.60. The molecule has 1 fully saturated rings. The topological polar surface area (TPSA) is 73.9 Å². The fourth-order valence-electron chi connectivity index (χ4n) is 3.45. The van der Waals surface area contributed by atoms with Gasteiger partial charge in [-0.25, -0.2) is 4.98 Å². The summed E-state index contributed by atoms with van der Waals surface area (Å²) in [4.78, 5) is 14.0. The molecule has 124 valence electrons. The molecule has 7 nitrogen and oxygen atoms in total. The zero-order chi connectivity index (χ0) is 16.5. The standard InChI is InChI=1S/C17H21N7/c1-13-9-16(20-17(19-13)22-5-3-2-4-6-22)23-7-8-24-15(12-23)10-14(11-18)21-24/h9-10H,2-8,12H2,1H3. The van der Waals surface area contributed by atoms with Crippen molar-refractivity contribution in [2.75, 3.05) is 29.4 Å². The third-order valence-corrected chi connectivity index (χ3v) is 4.70. The lowest BCUT2D eigenvalue weighted by molar-refractivity contribution is 0.515. The van der Waals surface area contributed by atoms with Crippen LogP contribution < -0.4 is 9.80 Å². The van der Waals surface area contributed by atoms with E-state index in [-0.39, 0.29) is 0 Å². The number of piperidine rings is 1. The third-order valence-electron chi connectivity index (χ3n) is 4.70. The maximum absolute atomic E-state index is 9.02. The molecule has 4 heterocycles. The lowest BCUT2D eigenvalue weighted by Crippen LogP contribution is -2.35. The highest BCUT2D eigenvalue weighted by Gasteiger charge is 2.22. The van der Waals surface area contributed by atoms with Gasteiger partial charge in [-0.1, -0.05) is 0 Å². The number of rotatable bonds is 2. The first-order chi connectivity index (χ1) is 11.7. The van der Waals surface area contributed by atoms with Crippen LogP contribution in [0.3, 0.4) is 0 Å². The first-order valence-corrected chi connectivity index (χ1v) is 8.55. The second kappa shape index (κ2) is 6.11. The molecule has 0 bridgehead atoms. The minimum atomic E-state index is 0.486. The Hall–Kier alpha value is -2.62. The van der Waals surface area contributed by atoms with Crippen LogP contribution in [0.15, 0.2) is 12.1 Å². The molecule has 0 atom stereocenters. The van der Waals surface area contributed by atoms with Crippen LogP contribution in [0, 0.1) is 18.3 Å². The Labute approximate surface area is 141 Å². The minimum Gasteiger partial charge on any atom is -0.349 e. The summed E-state index contributed by atoms with van der Waals surface area (Å²) in [5.74, 6) is 1.82. The molecule has 2 aliphatic heterocycles. The van der Waals surface area contributed by atoms with E-state index in [2.05, 4.69) is 26.0 Å². The van der Waals surface area contributed by atoms with Crippen molar-refractivity contribution < 1.29 is 0 Å².